The zero-order valence-corrected chi connectivity index (χ0v) is 14.2. The maximum Gasteiger partial charge on any atom is 0.259 e. The zero-order chi connectivity index (χ0) is 17.2. The third-order valence-electron chi connectivity index (χ3n) is 3.68. The van der Waals surface area contributed by atoms with Crippen LogP contribution in [0.25, 0.3) is 10.9 Å². The molecule has 122 valence electrons. The van der Waals surface area contributed by atoms with Crippen LogP contribution in [0.1, 0.15) is 31.1 Å². The fourth-order valence-corrected chi connectivity index (χ4v) is 2.14. The highest BCUT2D eigenvalue weighted by Gasteiger charge is 2.26. The number of ether oxygens (including phenoxy) is 1. The van der Waals surface area contributed by atoms with Gasteiger partial charge in [-0.15, -0.1) is 0 Å². The molecule has 1 heterocycles. The number of ketones is 1. The molecule has 5 heteroatoms. The van der Waals surface area contributed by atoms with Gasteiger partial charge in [-0.25, -0.2) is 4.98 Å². The Balaban J connectivity index is 2.34. The molecule has 2 aromatic rings. The van der Waals surface area contributed by atoms with Crippen molar-refractivity contribution in [3.8, 4) is 5.88 Å². The van der Waals surface area contributed by atoms with Gasteiger partial charge in [0.1, 0.15) is 5.56 Å². The van der Waals surface area contributed by atoms with Crippen LogP contribution in [-0.2, 0) is 4.79 Å². The second kappa shape index (κ2) is 6.36. The molecule has 0 fully saturated rings. The number of fused-ring (bicyclic) bond motifs is 1. The van der Waals surface area contributed by atoms with Crippen molar-refractivity contribution >= 4 is 22.6 Å². The molecule has 0 aliphatic heterocycles. The minimum Gasteiger partial charge on any atom is -0.480 e. The van der Waals surface area contributed by atoms with Crippen molar-refractivity contribution in [2.75, 3.05) is 20.7 Å². The Labute approximate surface area is 136 Å². The molecule has 0 bridgehead atoms. The molecule has 2 rings (SSSR count). The summed E-state index contributed by atoms with van der Waals surface area (Å²) in [5, 5.41) is 0.854. The third kappa shape index (κ3) is 3.67. The van der Waals surface area contributed by atoms with Crippen molar-refractivity contribution in [2.24, 2.45) is 5.41 Å². The molecule has 0 saturated heterocycles. The van der Waals surface area contributed by atoms with Crippen LogP contribution in [0.5, 0.6) is 5.88 Å². The van der Waals surface area contributed by atoms with Crippen molar-refractivity contribution < 1.29 is 14.3 Å². The second-order valence-corrected chi connectivity index (χ2v) is 6.57. The van der Waals surface area contributed by atoms with E-state index < -0.39 is 5.41 Å². The Morgan fingerprint density at radius 2 is 1.87 bits per heavy atom. The van der Waals surface area contributed by atoms with Gasteiger partial charge in [-0.05, 0) is 12.1 Å². The van der Waals surface area contributed by atoms with Crippen molar-refractivity contribution in [3.05, 3.63) is 35.9 Å². The van der Waals surface area contributed by atoms with E-state index in [1.165, 1.54) is 12.0 Å². The fraction of sp³-hybridized carbons (Fsp3) is 0.389. The minimum atomic E-state index is -0.486. The van der Waals surface area contributed by atoms with Crippen molar-refractivity contribution in [1.82, 2.24) is 9.88 Å². The van der Waals surface area contributed by atoms with Gasteiger partial charge < -0.3 is 9.64 Å². The van der Waals surface area contributed by atoms with Crippen LogP contribution in [0, 0.1) is 5.41 Å². The SMILES string of the molecule is COc1nc2ccccc2cc1C(=O)N(C)CC(=O)C(C)(C)C. The van der Waals surface area contributed by atoms with Crippen LogP contribution in [0.15, 0.2) is 30.3 Å². The lowest BCUT2D eigenvalue weighted by Gasteiger charge is -2.23. The summed E-state index contributed by atoms with van der Waals surface area (Å²) in [6, 6.07) is 9.27. The molecule has 5 nitrogen and oxygen atoms in total. The van der Waals surface area contributed by atoms with Crippen molar-refractivity contribution in [1.29, 1.82) is 0 Å². The number of likely N-dealkylation sites (N-methyl/N-ethyl adjacent to an activating group) is 1. The van der Waals surface area contributed by atoms with Gasteiger partial charge in [-0.2, -0.15) is 0 Å². The maximum atomic E-state index is 12.7. The zero-order valence-electron chi connectivity index (χ0n) is 14.2. The van der Waals surface area contributed by atoms with E-state index in [0.29, 0.717) is 5.56 Å². The normalized spacial score (nSPS) is 11.3. The lowest BCUT2D eigenvalue weighted by atomic mass is 9.90. The first kappa shape index (κ1) is 16.9. The smallest absolute Gasteiger partial charge is 0.259 e. The third-order valence-corrected chi connectivity index (χ3v) is 3.68. The van der Waals surface area contributed by atoms with E-state index >= 15 is 0 Å². The van der Waals surface area contributed by atoms with Gasteiger partial charge in [0.05, 0.1) is 19.2 Å². The molecule has 1 aromatic heterocycles. The number of hydrogen-bond acceptors (Lipinski definition) is 4. The number of methoxy groups -OCH3 is 1. The van der Waals surface area contributed by atoms with E-state index in [1.807, 2.05) is 45.0 Å². The van der Waals surface area contributed by atoms with Gasteiger partial charge >= 0.3 is 0 Å². The molecular formula is C18H22N2O3. The van der Waals surface area contributed by atoms with E-state index in [4.69, 9.17) is 4.74 Å². The van der Waals surface area contributed by atoms with Gasteiger partial charge in [0.15, 0.2) is 5.78 Å². The summed E-state index contributed by atoms with van der Waals surface area (Å²) in [5.41, 5.74) is 0.630. The van der Waals surface area contributed by atoms with Gasteiger partial charge in [-0.3, -0.25) is 9.59 Å². The Kier molecular flexibility index (Phi) is 4.68. The molecule has 1 aromatic carbocycles. The molecule has 0 unspecified atom stereocenters. The number of pyridine rings is 1. The summed E-state index contributed by atoms with van der Waals surface area (Å²) in [6.45, 7) is 5.57. The molecule has 0 atom stereocenters. The summed E-state index contributed by atoms with van der Waals surface area (Å²) in [6.07, 6.45) is 0. The molecule has 0 spiro atoms. The number of hydrogen-bond donors (Lipinski definition) is 0. The van der Waals surface area contributed by atoms with E-state index in [-0.39, 0.29) is 24.1 Å². The standard InChI is InChI=1S/C18H22N2O3/c1-18(2,3)15(21)11-20(4)17(22)13-10-12-8-6-7-9-14(12)19-16(13)23-5/h6-10H,11H2,1-5H3. The number of rotatable bonds is 4. The summed E-state index contributed by atoms with van der Waals surface area (Å²) in [4.78, 5) is 30.6. The summed E-state index contributed by atoms with van der Waals surface area (Å²) < 4.78 is 5.25. The predicted molar refractivity (Wildman–Crippen MR) is 89.7 cm³/mol. The number of Topliss-reactive ketones (excluding diaryl/α,β-unsaturated/α-hetero) is 1. The first-order valence-electron chi connectivity index (χ1n) is 7.46. The molecule has 1 amide bonds. The van der Waals surface area contributed by atoms with E-state index in [9.17, 15) is 9.59 Å². The first-order chi connectivity index (χ1) is 10.7. The van der Waals surface area contributed by atoms with E-state index in [1.54, 1.807) is 13.1 Å². The number of benzene rings is 1. The summed E-state index contributed by atoms with van der Waals surface area (Å²) >= 11 is 0. The Bertz CT molecular complexity index is 748. The van der Waals surface area contributed by atoms with Gasteiger partial charge in [0, 0.05) is 17.8 Å². The van der Waals surface area contributed by atoms with Crippen LogP contribution in [0.3, 0.4) is 0 Å². The minimum absolute atomic E-state index is 0.000986. The van der Waals surface area contributed by atoms with E-state index in [0.717, 1.165) is 10.9 Å². The quantitative estimate of drug-likeness (QED) is 0.870. The lowest BCUT2D eigenvalue weighted by molar-refractivity contribution is -0.126. The molecule has 0 radical (unpaired) electrons. The predicted octanol–water partition coefficient (Wildman–Crippen LogP) is 2.93. The Morgan fingerprint density at radius 1 is 1.22 bits per heavy atom. The first-order valence-corrected chi connectivity index (χ1v) is 7.46. The fourth-order valence-electron chi connectivity index (χ4n) is 2.14. The maximum absolute atomic E-state index is 12.7. The van der Waals surface area contributed by atoms with E-state index in [2.05, 4.69) is 4.98 Å². The van der Waals surface area contributed by atoms with Crippen molar-refractivity contribution in [2.45, 2.75) is 20.8 Å². The molecular weight excluding hydrogens is 292 g/mol. The topological polar surface area (TPSA) is 59.5 Å². The molecule has 0 aliphatic carbocycles. The van der Waals surface area contributed by atoms with Crippen LogP contribution < -0.4 is 4.74 Å². The highest BCUT2D eigenvalue weighted by atomic mass is 16.5. The largest absolute Gasteiger partial charge is 0.480 e. The van der Waals surface area contributed by atoms with Crippen LogP contribution in [0.2, 0.25) is 0 Å². The Hall–Kier alpha value is -2.43. The highest BCUT2D eigenvalue weighted by Crippen LogP contribution is 2.23. The number of amides is 1. The van der Waals surface area contributed by atoms with Crippen LogP contribution >= 0.6 is 0 Å². The summed E-state index contributed by atoms with van der Waals surface area (Å²) in [5.74, 6) is -0.0116. The van der Waals surface area contributed by atoms with Gasteiger partial charge in [0.25, 0.3) is 5.91 Å². The Morgan fingerprint density at radius 3 is 2.48 bits per heavy atom. The second-order valence-electron chi connectivity index (χ2n) is 6.57. The monoisotopic (exact) mass is 314 g/mol. The van der Waals surface area contributed by atoms with Gasteiger partial charge in [-0.1, -0.05) is 39.0 Å². The van der Waals surface area contributed by atoms with Crippen LogP contribution in [0.4, 0.5) is 0 Å². The van der Waals surface area contributed by atoms with Crippen LogP contribution in [-0.4, -0.2) is 42.3 Å². The number of nitrogens with zero attached hydrogens (tertiary/aromatic N) is 2. The van der Waals surface area contributed by atoms with Crippen molar-refractivity contribution in [3.63, 3.8) is 0 Å². The summed E-state index contributed by atoms with van der Waals surface area (Å²) in [7, 11) is 3.09. The lowest BCUT2D eigenvalue weighted by Crippen LogP contribution is -2.37. The molecule has 0 saturated carbocycles. The number of carbonyl (C=O) groups is 2. The highest BCUT2D eigenvalue weighted by molar-refractivity contribution is 6.01. The molecule has 0 N–H and O–H groups in total. The van der Waals surface area contributed by atoms with Gasteiger partial charge in [0.2, 0.25) is 5.88 Å². The average molecular weight is 314 g/mol. The molecule has 0 aliphatic rings. The number of para-hydroxylation sites is 1. The number of aromatic nitrogens is 1. The molecule has 23 heavy (non-hydrogen) atoms. The number of carbonyl (C=O) groups excluding carboxylic acids is 2. The average Bonchev–Trinajstić information content (AvgIpc) is 2.51.